The zero-order valence-corrected chi connectivity index (χ0v) is 84.0. The van der Waals surface area contributed by atoms with Crippen LogP contribution in [-0.2, 0) is 98.8 Å². The van der Waals surface area contributed by atoms with Crippen molar-refractivity contribution in [1.29, 1.82) is 0 Å². The summed E-state index contributed by atoms with van der Waals surface area (Å²) in [5.74, 6) is 0.665. The quantitative estimate of drug-likeness (QED) is 0.0425. The van der Waals surface area contributed by atoms with Gasteiger partial charge in [-0.3, -0.25) is 0 Å². The Hall–Kier alpha value is 2.51. The van der Waals surface area contributed by atoms with Crippen LogP contribution < -0.4 is 0 Å². The minimum atomic E-state index is -4.27. The number of unbranched alkanes of at least 4 members (excludes halogenated alkanes) is 3. The van der Waals surface area contributed by atoms with Gasteiger partial charge in [-0.15, -0.1) is 0 Å². The fourth-order valence-corrected chi connectivity index (χ4v) is 120. The lowest BCUT2D eigenvalue weighted by atomic mass is 10.2. The van der Waals surface area contributed by atoms with E-state index in [1.807, 2.05) is 0 Å². The topological polar surface area (TPSA) is 222 Å². The van der Waals surface area contributed by atoms with Crippen molar-refractivity contribution >= 4 is 141 Å². The monoisotopic (exact) mass is 1710 g/mol. The molecule has 0 amide bonds. The Kier molecular flexibility index (Phi) is 27.2. The van der Waals surface area contributed by atoms with Crippen LogP contribution in [0.4, 0.5) is 0 Å². The largest absolute Gasteiger partial charge is 0.479 e. The molecule has 102 heavy (non-hydrogen) atoms. The minimum absolute atomic E-state index is 0.0313. The Bertz CT molecular complexity index is 2330. The van der Waals surface area contributed by atoms with Crippen molar-refractivity contribution < 1.29 is 98.8 Å². The first-order chi connectivity index (χ1) is 47.0. The Morgan fingerprint density at radius 1 is 0.118 bits per heavy atom. The average Bonchev–Trinajstić information content (AvgIpc) is 0.691. The highest BCUT2D eigenvalue weighted by molar-refractivity contribution is 7.05. The SMILES string of the molecule is CC(C)C[Si]12O[Si]3(CCCCCC[Si]45O[Si]6(CC(C)C)O[Si]7(CC(C)C)O[Si](CC(C)C)(O4)O[Si]4(CC(C)C)O[Si](CC(C)C)(O5)O[Si](CC(C)C)(O6)O[Si](CC(C)C)(O7)O4)O[Si]4(CC(C)C)O[Si](CC(C)C)(O1)O[Si]1(CC(C)C)O[Si](CC(C)C)(O2)O[Si](CC(C)C)(O3)O[Si](CC(C)C)(O4)O1. The average molecular weight is 1720 g/mol. The summed E-state index contributed by atoms with van der Waals surface area (Å²) in [7, 11) is -66.2. The molecule has 594 valence electrons. The summed E-state index contributed by atoms with van der Waals surface area (Å²) >= 11 is 0. The molecule has 12 saturated heterocycles. The lowest BCUT2D eigenvalue weighted by molar-refractivity contribution is -0.0398. The number of rotatable bonds is 35. The molecule has 0 aromatic carbocycles. The first kappa shape index (κ1) is 86.9. The lowest BCUT2D eigenvalue weighted by Crippen LogP contribution is -2.88. The molecular formula is C62H138O24Si16. The second-order valence-electron chi connectivity index (χ2n) is 37.7. The minimum Gasteiger partial charge on any atom is -0.373 e. The van der Waals surface area contributed by atoms with E-state index in [-0.39, 0.29) is 82.9 Å². The van der Waals surface area contributed by atoms with E-state index in [2.05, 4.69) is 194 Å². The third-order valence-electron chi connectivity index (χ3n) is 18.4. The van der Waals surface area contributed by atoms with Gasteiger partial charge >= 0.3 is 141 Å². The number of hydrogen-bond acceptors (Lipinski definition) is 24. The molecular weight excluding hydrogens is 1580 g/mol. The molecule has 0 aromatic heterocycles. The molecule has 0 radical (unpaired) electrons. The van der Waals surface area contributed by atoms with Gasteiger partial charge in [-0.05, 0) is 95.7 Å². The van der Waals surface area contributed by atoms with E-state index in [0.29, 0.717) is 122 Å². The zero-order chi connectivity index (χ0) is 75.2. The van der Waals surface area contributed by atoms with Gasteiger partial charge in [0.1, 0.15) is 0 Å². The van der Waals surface area contributed by atoms with Crippen LogP contribution in [0.1, 0.15) is 220 Å². The van der Waals surface area contributed by atoms with Gasteiger partial charge in [-0.25, -0.2) is 0 Å². The third kappa shape index (κ3) is 20.4. The molecule has 40 heteroatoms. The molecule has 0 aliphatic carbocycles. The second kappa shape index (κ2) is 32.0. The van der Waals surface area contributed by atoms with Gasteiger partial charge < -0.3 is 98.8 Å². The predicted octanol–water partition coefficient (Wildman–Crippen LogP) is 17.3. The summed E-state index contributed by atoms with van der Waals surface area (Å²) < 4.78 is 195. The molecule has 0 spiro atoms. The molecule has 0 aromatic rings. The molecule has 12 heterocycles. The highest BCUT2D eigenvalue weighted by atomic mass is 28.6. The highest BCUT2D eigenvalue weighted by Gasteiger charge is 2.86. The van der Waals surface area contributed by atoms with E-state index in [1.54, 1.807) is 0 Å². The Balaban J connectivity index is 1.11. The van der Waals surface area contributed by atoms with E-state index in [4.69, 9.17) is 98.8 Å². The molecule has 24 nitrogen and oxygen atoms in total. The van der Waals surface area contributed by atoms with Gasteiger partial charge in [-0.1, -0.05) is 207 Å². The molecule has 0 saturated carbocycles. The van der Waals surface area contributed by atoms with Crippen LogP contribution in [0.25, 0.3) is 0 Å². The summed E-state index contributed by atoms with van der Waals surface area (Å²) in [6.45, 7) is 61.2. The van der Waals surface area contributed by atoms with Crippen LogP contribution in [0.3, 0.4) is 0 Å². The fourth-order valence-electron chi connectivity index (χ4n) is 16.8. The maximum Gasteiger partial charge on any atom is 0.479 e. The summed E-state index contributed by atoms with van der Waals surface area (Å²) in [4.78, 5) is 0. The first-order valence-corrected chi connectivity index (χ1v) is 70.7. The van der Waals surface area contributed by atoms with E-state index in [1.165, 1.54) is 0 Å². The molecule has 12 aliphatic heterocycles. The van der Waals surface area contributed by atoms with E-state index < -0.39 is 141 Å². The highest BCUT2D eigenvalue weighted by Crippen LogP contribution is 2.60. The second-order valence-corrected chi connectivity index (χ2v) is 85.8. The maximum atomic E-state index is 8.23. The van der Waals surface area contributed by atoms with Crippen molar-refractivity contribution in [3.05, 3.63) is 0 Å². The maximum absolute atomic E-state index is 8.23. The van der Waals surface area contributed by atoms with Gasteiger partial charge in [-0.2, -0.15) is 0 Å². The van der Waals surface area contributed by atoms with Crippen LogP contribution in [0, 0.1) is 82.9 Å². The van der Waals surface area contributed by atoms with Gasteiger partial charge in [0.2, 0.25) is 0 Å². The first-order valence-electron chi connectivity index (χ1n) is 39.8. The molecule has 12 rings (SSSR count). The summed E-state index contributed by atoms with van der Waals surface area (Å²) in [6.07, 6.45) is 2.64. The van der Waals surface area contributed by atoms with Crippen LogP contribution in [-0.4, -0.2) is 141 Å². The molecule has 0 unspecified atom stereocenters. The van der Waals surface area contributed by atoms with Crippen LogP contribution in [0.2, 0.25) is 96.7 Å². The van der Waals surface area contributed by atoms with Crippen LogP contribution in [0.5, 0.6) is 0 Å². The molecule has 12 aliphatic rings. The van der Waals surface area contributed by atoms with Crippen LogP contribution in [0.15, 0.2) is 0 Å². The van der Waals surface area contributed by atoms with Crippen LogP contribution >= 0.6 is 0 Å². The predicted molar refractivity (Wildman–Crippen MR) is 421 cm³/mol. The van der Waals surface area contributed by atoms with E-state index in [9.17, 15) is 0 Å². The third-order valence-corrected chi connectivity index (χ3v) is 98.5. The number of hydrogen-bond donors (Lipinski definition) is 0. The van der Waals surface area contributed by atoms with Gasteiger partial charge in [0.05, 0.1) is 0 Å². The van der Waals surface area contributed by atoms with E-state index >= 15 is 0 Å². The van der Waals surface area contributed by atoms with Crippen molar-refractivity contribution in [2.24, 2.45) is 82.9 Å². The summed E-state index contributed by atoms with van der Waals surface area (Å²) in [5.41, 5.74) is 0. The van der Waals surface area contributed by atoms with E-state index in [0.717, 1.165) is 0 Å². The molecule has 12 fully saturated rings. The van der Waals surface area contributed by atoms with Gasteiger partial charge in [0, 0.05) is 96.7 Å². The lowest BCUT2D eigenvalue weighted by Gasteiger charge is -2.64. The summed E-state index contributed by atoms with van der Waals surface area (Å²) in [6, 6.07) is 6.73. The normalized spacial score (nSPS) is 42.6. The van der Waals surface area contributed by atoms with Gasteiger partial charge in [0.25, 0.3) is 0 Å². The summed E-state index contributed by atoms with van der Waals surface area (Å²) in [5, 5.41) is 0. The van der Waals surface area contributed by atoms with Crippen molar-refractivity contribution in [1.82, 2.24) is 0 Å². The Labute approximate surface area is 634 Å². The molecule has 0 N–H and O–H groups in total. The zero-order valence-electron chi connectivity index (χ0n) is 68.0. The van der Waals surface area contributed by atoms with Crippen molar-refractivity contribution in [2.75, 3.05) is 0 Å². The fraction of sp³-hybridized carbons (Fsp3) is 1.00. The molecule has 16 bridgehead atoms. The van der Waals surface area contributed by atoms with Crippen molar-refractivity contribution in [2.45, 2.75) is 316 Å². The van der Waals surface area contributed by atoms with Crippen molar-refractivity contribution in [3.8, 4) is 0 Å². The molecule has 0 atom stereocenters. The van der Waals surface area contributed by atoms with Gasteiger partial charge in [0.15, 0.2) is 0 Å². The van der Waals surface area contributed by atoms with Crippen molar-refractivity contribution in [3.63, 3.8) is 0 Å². The Morgan fingerprint density at radius 3 is 0.275 bits per heavy atom. The smallest absolute Gasteiger partial charge is 0.373 e. The Morgan fingerprint density at radius 2 is 0.196 bits per heavy atom. The standard InChI is InChI=1S/C62H138O24Si16/c1-49(2)35-89-63-87(64-90(36-50(3)4)71-95(69-89,41-55(13)14)81-101(47-61(25)26)82-96(70-89,42-56(15)16)72-91(65-87,37-51(5)6)74-97(73-90,83-101)43-57(17)18)33-31-29-30-32-34-88-66-92(38-52(7)8)75-98(44-58(19)20)77-93(67-88,39-53(9)10)79-100(46-60(23)24)80-94(68-88,40-54(11)12)78-99(76-92,45-59(21)22)85-102(84-98,86-100)48-62(27)28/h49-62H,29-48H2,1-28H3.